The maximum absolute atomic E-state index is 9.82. The second-order valence-corrected chi connectivity index (χ2v) is 5.86. The first kappa shape index (κ1) is 13.2. The van der Waals surface area contributed by atoms with Crippen molar-refractivity contribution in [1.29, 1.82) is 0 Å². The molecule has 2 aromatic heterocycles. The average molecular weight is 272 g/mol. The van der Waals surface area contributed by atoms with Crippen LogP contribution in [0.15, 0.2) is 24.5 Å². The molecule has 2 unspecified atom stereocenters. The van der Waals surface area contributed by atoms with E-state index in [0.717, 1.165) is 30.6 Å². The number of aromatic nitrogens is 3. The van der Waals surface area contributed by atoms with E-state index in [0.29, 0.717) is 11.6 Å². The van der Waals surface area contributed by atoms with Crippen molar-refractivity contribution in [3.8, 4) is 0 Å². The van der Waals surface area contributed by atoms with Crippen LogP contribution in [0.1, 0.15) is 32.6 Å². The Balaban J connectivity index is 1.87. The lowest BCUT2D eigenvalue weighted by atomic mass is 9.77. The Hall–Kier alpha value is -1.75. The van der Waals surface area contributed by atoms with Crippen LogP contribution in [0, 0.1) is 5.92 Å². The van der Waals surface area contributed by atoms with Crippen molar-refractivity contribution in [3.05, 3.63) is 24.5 Å². The highest BCUT2D eigenvalue weighted by Gasteiger charge is 2.34. The van der Waals surface area contributed by atoms with Gasteiger partial charge in [0.25, 0.3) is 0 Å². The highest BCUT2D eigenvalue weighted by atomic mass is 16.3. The maximum Gasteiger partial charge on any atom is 0.180 e. The number of hydrogen-bond donors (Lipinski definition) is 2. The van der Waals surface area contributed by atoms with E-state index < -0.39 is 0 Å². The van der Waals surface area contributed by atoms with E-state index >= 15 is 0 Å². The van der Waals surface area contributed by atoms with Gasteiger partial charge in [-0.05, 0) is 30.9 Å². The first-order chi connectivity index (χ1) is 9.71. The van der Waals surface area contributed by atoms with Gasteiger partial charge in [0.15, 0.2) is 5.65 Å². The van der Waals surface area contributed by atoms with E-state index in [4.69, 9.17) is 0 Å². The predicted octanol–water partition coefficient (Wildman–Crippen LogP) is 2.38. The van der Waals surface area contributed by atoms with E-state index in [1.807, 2.05) is 12.1 Å². The van der Waals surface area contributed by atoms with Crippen LogP contribution in [0.2, 0.25) is 0 Å². The molecule has 0 aromatic carbocycles. The minimum absolute atomic E-state index is 0.136. The molecule has 3 rings (SSSR count). The van der Waals surface area contributed by atoms with Crippen molar-refractivity contribution in [2.45, 2.75) is 38.1 Å². The normalized spacial score (nSPS) is 26.6. The van der Waals surface area contributed by atoms with Gasteiger partial charge in [0.2, 0.25) is 0 Å². The van der Waals surface area contributed by atoms with Crippen LogP contribution in [0.5, 0.6) is 0 Å². The zero-order chi connectivity index (χ0) is 14.0. The summed E-state index contributed by atoms with van der Waals surface area (Å²) in [4.78, 5) is 12.9. The summed E-state index contributed by atoms with van der Waals surface area (Å²) in [6, 6.07) is 3.82. The summed E-state index contributed by atoms with van der Waals surface area (Å²) < 4.78 is 0. The Morgan fingerprint density at radius 1 is 1.35 bits per heavy atom. The van der Waals surface area contributed by atoms with Gasteiger partial charge in [-0.2, -0.15) is 0 Å². The Bertz CT molecular complexity index is 603. The van der Waals surface area contributed by atoms with E-state index in [1.54, 1.807) is 12.4 Å². The van der Waals surface area contributed by atoms with E-state index in [9.17, 15) is 5.11 Å². The van der Waals surface area contributed by atoms with Crippen molar-refractivity contribution in [2.75, 3.05) is 11.9 Å². The number of fused-ring (bicyclic) bond motifs is 1. The second-order valence-electron chi connectivity index (χ2n) is 5.86. The van der Waals surface area contributed by atoms with Crippen LogP contribution in [0.25, 0.3) is 11.2 Å². The van der Waals surface area contributed by atoms with Gasteiger partial charge in [0.1, 0.15) is 11.3 Å². The topological polar surface area (TPSA) is 70.9 Å². The molecule has 5 nitrogen and oxygen atoms in total. The van der Waals surface area contributed by atoms with Gasteiger partial charge < -0.3 is 10.4 Å². The third-order valence-electron chi connectivity index (χ3n) is 4.12. The van der Waals surface area contributed by atoms with Gasteiger partial charge in [-0.25, -0.2) is 9.97 Å². The minimum Gasteiger partial charge on any atom is -0.394 e. The largest absolute Gasteiger partial charge is 0.394 e. The van der Waals surface area contributed by atoms with Gasteiger partial charge in [-0.1, -0.05) is 19.8 Å². The van der Waals surface area contributed by atoms with Gasteiger partial charge in [-0.15, -0.1) is 0 Å². The number of nitrogens with one attached hydrogen (secondary N) is 1. The number of rotatable bonds is 3. The molecule has 2 aromatic rings. The third kappa shape index (κ3) is 2.58. The summed E-state index contributed by atoms with van der Waals surface area (Å²) in [6.45, 7) is 2.38. The number of pyridine rings is 1. The fourth-order valence-corrected chi connectivity index (χ4v) is 3.15. The molecule has 2 atom stereocenters. The molecule has 1 fully saturated rings. The van der Waals surface area contributed by atoms with Crippen LogP contribution >= 0.6 is 0 Å². The lowest BCUT2D eigenvalue weighted by molar-refractivity contribution is 0.149. The SMILES string of the molecule is CC1CCCC(CO)(Nc2ccc3nccnc3n2)C1. The van der Waals surface area contributed by atoms with Crippen LogP contribution in [-0.4, -0.2) is 32.2 Å². The molecular formula is C15H20N4O. The number of aliphatic hydroxyl groups excluding tert-OH is 1. The monoisotopic (exact) mass is 272 g/mol. The second kappa shape index (κ2) is 5.32. The summed E-state index contributed by atoms with van der Waals surface area (Å²) in [6.07, 6.45) is 7.64. The van der Waals surface area contributed by atoms with E-state index in [2.05, 4.69) is 27.2 Å². The van der Waals surface area contributed by atoms with Crippen LogP contribution in [-0.2, 0) is 0 Å². The highest BCUT2D eigenvalue weighted by molar-refractivity contribution is 5.71. The molecule has 5 heteroatoms. The van der Waals surface area contributed by atoms with Crippen molar-refractivity contribution >= 4 is 17.0 Å². The Labute approximate surface area is 118 Å². The molecule has 0 bridgehead atoms. The molecule has 2 heterocycles. The number of hydrogen-bond acceptors (Lipinski definition) is 5. The molecule has 20 heavy (non-hydrogen) atoms. The van der Waals surface area contributed by atoms with Crippen molar-refractivity contribution in [2.24, 2.45) is 5.92 Å². The fourth-order valence-electron chi connectivity index (χ4n) is 3.15. The smallest absolute Gasteiger partial charge is 0.180 e. The Morgan fingerprint density at radius 3 is 3.00 bits per heavy atom. The van der Waals surface area contributed by atoms with Crippen LogP contribution in [0.3, 0.4) is 0 Å². The van der Waals surface area contributed by atoms with Gasteiger partial charge in [0.05, 0.1) is 12.1 Å². The summed E-state index contributed by atoms with van der Waals surface area (Å²) in [7, 11) is 0. The van der Waals surface area contributed by atoms with Crippen LogP contribution < -0.4 is 5.32 Å². The van der Waals surface area contributed by atoms with E-state index in [-0.39, 0.29) is 12.1 Å². The zero-order valence-corrected chi connectivity index (χ0v) is 11.7. The standard InChI is InChI=1S/C15H20N4O/c1-11-3-2-6-15(9-11,10-20)19-13-5-4-12-14(18-13)17-8-7-16-12/h4-5,7-8,11,20H,2-3,6,9-10H2,1H3,(H,17,18,19). The molecule has 0 aliphatic heterocycles. The molecule has 0 saturated heterocycles. The third-order valence-corrected chi connectivity index (χ3v) is 4.12. The first-order valence-corrected chi connectivity index (χ1v) is 7.18. The van der Waals surface area contributed by atoms with Crippen molar-refractivity contribution in [1.82, 2.24) is 15.0 Å². The number of nitrogens with zero attached hydrogens (tertiary/aromatic N) is 3. The first-order valence-electron chi connectivity index (χ1n) is 7.18. The molecule has 0 amide bonds. The lowest BCUT2D eigenvalue weighted by Crippen LogP contribution is -2.46. The predicted molar refractivity (Wildman–Crippen MR) is 78.4 cm³/mol. The average Bonchev–Trinajstić information content (AvgIpc) is 2.47. The summed E-state index contributed by atoms with van der Waals surface area (Å²) >= 11 is 0. The number of aliphatic hydroxyl groups is 1. The lowest BCUT2D eigenvalue weighted by Gasteiger charge is -2.39. The molecule has 1 saturated carbocycles. The molecule has 2 N–H and O–H groups in total. The minimum atomic E-state index is -0.249. The fraction of sp³-hybridized carbons (Fsp3) is 0.533. The summed E-state index contributed by atoms with van der Waals surface area (Å²) in [5, 5.41) is 13.3. The van der Waals surface area contributed by atoms with Crippen molar-refractivity contribution in [3.63, 3.8) is 0 Å². The van der Waals surface area contributed by atoms with Crippen molar-refractivity contribution < 1.29 is 5.11 Å². The quantitative estimate of drug-likeness (QED) is 0.897. The molecular weight excluding hydrogens is 252 g/mol. The highest BCUT2D eigenvalue weighted by Crippen LogP contribution is 2.34. The summed E-state index contributed by atoms with van der Waals surface area (Å²) in [5.41, 5.74) is 1.17. The van der Waals surface area contributed by atoms with Gasteiger partial charge >= 0.3 is 0 Å². The molecule has 1 aliphatic carbocycles. The van der Waals surface area contributed by atoms with Gasteiger partial charge in [-0.3, -0.25) is 4.98 Å². The molecule has 1 aliphatic rings. The zero-order valence-electron chi connectivity index (χ0n) is 11.7. The molecule has 0 spiro atoms. The van der Waals surface area contributed by atoms with Crippen LogP contribution in [0.4, 0.5) is 5.82 Å². The Morgan fingerprint density at radius 2 is 2.20 bits per heavy atom. The Kier molecular flexibility index (Phi) is 3.53. The summed E-state index contributed by atoms with van der Waals surface area (Å²) in [5.74, 6) is 1.39. The van der Waals surface area contributed by atoms with Gasteiger partial charge in [0, 0.05) is 12.4 Å². The van der Waals surface area contributed by atoms with E-state index in [1.165, 1.54) is 6.42 Å². The molecule has 0 radical (unpaired) electrons. The molecule has 106 valence electrons. The maximum atomic E-state index is 9.82. The number of anilines is 1.